The van der Waals surface area contributed by atoms with Gasteiger partial charge >= 0.3 is 0 Å². The lowest BCUT2D eigenvalue weighted by molar-refractivity contribution is 0.343. The third-order valence-corrected chi connectivity index (χ3v) is 4.91. The number of rotatable bonds is 6. The molecule has 2 heterocycles. The van der Waals surface area contributed by atoms with Gasteiger partial charge in [-0.15, -0.1) is 21.5 Å². The van der Waals surface area contributed by atoms with Crippen LogP contribution in [0.2, 0.25) is 0 Å². The minimum absolute atomic E-state index is 0.507. The summed E-state index contributed by atoms with van der Waals surface area (Å²) in [5, 5.41) is 18.4. The van der Waals surface area contributed by atoms with E-state index in [4.69, 9.17) is 14.4 Å². The minimum Gasteiger partial charge on any atom is -0.493 e. The van der Waals surface area contributed by atoms with E-state index in [2.05, 4.69) is 21.3 Å². The van der Waals surface area contributed by atoms with Crippen LogP contribution >= 0.6 is 23.1 Å². The Hall–Kier alpha value is -2.37. The normalized spacial score (nSPS) is 10.5. The van der Waals surface area contributed by atoms with Crippen LogP contribution in [0.25, 0.3) is 10.8 Å². The van der Waals surface area contributed by atoms with Crippen LogP contribution in [0.1, 0.15) is 16.3 Å². The second kappa shape index (κ2) is 7.47. The molecule has 0 aliphatic carbocycles. The molecule has 0 fully saturated rings. The molecule has 0 saturated carbocycles. The molecule has 6 nitrogen and oxygen atoms in total. The number of hydrogen-bond donors (Lipinski definition) is 0. The largest absolute Gasteiger partial charge is 0.493 e. The van der Waals surface area contributed by atoms with Crippen molar-refractivity contribution >= 4 is 23.1 Å². The molecule has 3 aromatic rings. The molecule has 0 radical (unpaired) electrons. The molecular weight excluding hydrogens is 344 g/mol. The van der Waals surface area contributed by atoms with Crippen molar-refractivity contribution in [2.24, 2.45) is 0 Å². The van der Waals surface area contributed by atoms with Crippen molar-refractivity contribution in [2.75, 3.05) is 12.4 Å². The highest BCUT2D eigenvalue weighted by atomic mass is 32.2. The zero-order valence-corrected chi connectivity index (χ0v) is 14.8. The first-order valence-electron chi connectivity index (χ1n) is 7.19. The molecule has 0 aliphatic rings. The lowest BCUT2D eigenvalue weighted by Crippen LogP contribution is -1.99. The molecule has 0 unspecified atom stereocenters. The molecule has 0 spiro atoms. The lowest BCUT2D eigenvalue weighted by Gasteiger charge is -2.04. The van der Waals surface area contributed by atoms with E-state index in [0.29, 0.717) is 29.0 Å². The summed E-state index contributed by atoms with van der Waals surface area (Å²) in [5.74, 6) is 1.92. The van der Waals surface area contributed by atoms with Crippen LogP contribution in [-0.2, 0) is 0 Å². The molecule has 2 aromatic heterocycles. The van der Waals surface area contributed by atoms with Gasteiger partial charge in [0.2, 0.25) is 0 Å². The number of aryl methyl sites for hydroxylation is 2. The first-order chi connectivity index (χ1) is 11.7. The van der Waals surface area contributed by atoms with E-state index >= 15 is 0 Å². The Morgan fingerprint density at radius 1 is 1.25 bits per heavy atom. The zero-order valence-electron chi connectivity index (χ0n) is 13.1. The van der Waals surface area contributed by atoms with Crippen molar-refractivity contribution in [3.05, 3.63) is 40.5 Å². The number of nitriles is 1. The Labute approximate surface area is 147 Å². The molecular formula is C16H14N4O2S2. The fourth-order valence-electron chi connectivity index (χ4n) is 2.00. The van der Waals surface area contributed by atoms with Crippen molar-refractivity contribution in [2.45, 2.75) is 19.1 Å². The van der Waals surface area contributed by atoms with Crippen molar-refractivity contribution in [1.29, 1.82) is 5.26 Å². The molecule has 0 amide bonds. The van der Waals surface area contributed by atoms with E-state index in [9.17, 15) is 0 Å². The highest BCUT2D eigenvalue weighted by molar-refractivity contribution is 7.99. The summed E-state index contributed by atoms with van der Waals surface area (Å²) < 4.78 is 11.3. The summed E-state index contributed by atoms with van der Waals surface area (Å²) in [6, 6.07) is 9.09. The molecule has 1 aromatic carbocycles. The smallest absolute Gasteiger partial charge is 0.277 e. The predicted octanol–water partition coefficient (Wildman–Crippen LogP) is 3.85. The van der Waals surface area contributed by atoms with Gasteiger partial charge < -0.3 is 9.15 Å². The maximum Gasteiger partial charge on any atom is 0.277 e. The maximum absolute atomic E-state index is 8.75. The average molecular weight is 358 g/mol. The van der Waals surface area contributed by atoms with E-state index in [-0.39, 0.29) is 0 Å². The SMILES string of the molecule is Cc1nc(C)c(-c2nnc(SCCOc3ccc(C#N)cc3)o2)s1. The van der Waals surface area contributed by atoms with Gasteiger partial charge in [0, 0.05) is 5.75 Å². The van der Waals surface area contributed by atoms with Crippen molar-refractivity contribution in [3.63, 3.8) is 0 Å². The quantitative estimate of drug-likeness (QED) is 0.488. The summed E-state index contributed by atoms with van der Waals surface area (Å²) in [6.45, 7) is 4.39. The number of hydrogen-bond acceptors (Lipinski definition) is 8. The molecule has 0 atom stereocenters. The summed E-state index contributed by atoms with van der Waals surface area (Å²) in [4.78, 5) is 5.28. The van der Waals surface area contributed by atoms with E-state index in [1.807, 2.05) is 13.8 Å². The zero-order chi connectivity index (χ0) is 16.9. The van der Waals surface area contributed by atoms with E-state index < -0.39 is 0 Å². The van der Waals surface area contributed by atoms with Gasteiger partial charge in [0.1, 0.15) is 10.6 Å². The van der Waals surface area contributed by atoms with Crippen molar-refractivity contribution in [3.8, 4) is 22.6 Å². The Balaban J connectivity index is 1.50. The van der Waals surface area contributed by atoms with Crippen LogP contribution < -0.4 is 4.74 Å². The molecule has 8 heteroatoms. The first kappa shape index (κ1) is 16.5. The van der Waals surface area contributed by atoms with Gasteiger partial charge in [-0.2, -0.15) is 5.26 Å². The Morgan fingerprint density at radius 3 is 2.71 bits per heavy atom. The fraction of sp³-hybridized carbons (Fsp3) is 0.250. The first-order valence-corrected chi connectivity index (χ1v) is 8.99. The van der Waals surface area contributed by atoms with Gasteiger partial charge in [-0.25, -0.2) is 4.98 Å². The van der Waals surface area contributed by atoms with Crippen molar-refractivity contribution in [1.82, 2.24) is 15.2 Å². The van der Waals surface area contributed by atoms with Crippen LogP contribution in [0.4, 0.5) is 0 Å². The summed E-state index contributed by atoms with van der Waals surface area (Å²) >= 11 is 2.99. The van der Waals surface area contributed by atoms with Gasteiger partial charge in [0.15, 0.2) is 0 Å². The molecule has 0 bridgehead atoms. The van der Waals surface area contributed by atoms with Crippen LogP contribution in [-0.4, -0.2) is 27.5 Å². The number of aromatic nitrogens is 3. The molecule has 24 heavy (non-hydrogen) atoms. The second-order valence-electron chi connectivity index (χ2n) is 4.85. The number of nitrogens with zero attached hydrogens (tertiary/aromatic N) is 4. The Kier molecular flexibility index (Phi) is 5.13. The molecule has 0 N–H and O–H groups in total. The van der Waals surface area contributed by atoms with Gasteiger partial charge in [0.25, 0.3) is 11.1 Å². The number of ether oxygens (including phenoxy) is 1. The highest BCUT2D eigenvalue weighted by Gasteiger charge is 2.15. The van der Waals surface area contributed by atoms with E-state index in [1.165, 1.54) is 11.8 Å². The topological polar surface area (TPSA) is 84.8 Å². The summed E-state index contributed by atoms with van der Waals surface area (Å²) in [7, 11) is 0. The van der Waals surface area contributed by atoms with E-state index in [1.54, 1.807) is 35.6 Å². The monoisotopic (exact) mass is 358 g/mol. The van der Waals surface area contributed by atoms with Gasteiger partial charge in [0.05, 0.1) is 28.9 Å². The fourth-order valence-corrected chi connectivity index (χ4v) is 3.42. The third kappa shape index (κ3) is 3.93. The summed E-state index contributed by atoms with van der Waals surface area (Å²) in [5.41, 5.74) is 1.52. The van der Waals surface area contributed by atoms with Crippen LogP contribution in [0, 0.1) is 25.2 Å². The number of thioether (sulfide) groups is 1. The van der Waals surface area contributed by atoms with E-state index in [0.717, 1.165) is 21.3 Å². The van der Waals surface area contributed by atoms with Crippen molar-refractivity contribution < 1.29 is 9.15 Å². The Bertz CT molecular complexity index is 865. The van der Waals surface area contributed by atoms with Crippen LogP contribution in [0.3, 0.4) is 0 Å². The lowest BCUT2D eigenvalue weighted by atomic mass is 10.2. The molecule has 0 saturated heterocycles. The second-order valence-corrected chi connectivity index (χ2v) is 7.10. The number of benzene rings is 1. The highest BCUT2D eigenvalue weighted by Crippen LogP contribution is 2.30. The average Bonchev–Trinajstić information content (AvgIpc) is 3.18. The molecule has 0 aliphatic heterocycles. The van der Waals surface area contributed by atoms with Gasteiger partial charge in [-0.05, 0) is 38.1 Å². The maximum atomic E-state index is 8.75. The van der Waals surface area contributed by atoms with Crippen LogP contribution in [0.15, 0.2) is 33.9 Å². The van der Waals surface area contributed by atoms with Crippen LogP contribution in [0.5, 0.6) is 5.75 Å². The standard InChI is InChI=1S/C16H14N4O2S2/c1-10-14(24-11(2)18-10)15-19-20-16(22-15)23-8-7-21-13-5-3-12(9-17)4-6-13/h3-6H,7-8H2,1-2H3. The predicted molar refractivity (Wildman–Crippen MR) is 92.3 cm³/mol. The Morgan fingerprint density at radius 2 is 2.04 bits per heavy atom. The number of thiazole rings is 1. The molecule has 3 rings (SSSR count). The van der Waals surface area contributed by atoms with Gasteiger partial charge in [-0.3, -0.25) is 0 Å². The minimum atomic E-state index is 0.507. The summed E-state index contributed by atoms with van der Waals surface area (Å²) in [6.07, 6.45) is 0. The van der Waals surface area contributed by atoms with Gasteiger partial charge in [-0.1, -0.05) is 11.8 Å². The third-order valence-electron chi connectivity index (χ3n) is 3.07. The molecule has 122 valence electrons.